The van der Waals surface area contributed by atoms with Crippen LogP contribution in [0.15, 0.2) is 18.2 Å². The van der Waals surface area contributed by atoms with Gasteiger partial charge in [0.25, 0.3) is 0 Å². The molecule has 2 rings (SSSR count). The fraction of sp³-hybridized carbons (Fsp3) is 0.429. The molecule has 0 aromatic heterocycles. The number of rotatable bonds is 2. The van der Waals surface area contributed by atoms with E-state index in [9.17, 15) is 18.0 Å². The van der Waals surface area contributed by atoms with Crippen LogP contribution in [0.25, 0.3) is 0 Å². The second-order valence-electron chi connectivity index (χ2n) is 4.72. The molecule has 0 heterocycles. The van der Waals surface area contributed by atoms with Crippen LogP contribution in [0.3, 0.4) is 0 Å². The minimum atomic E-state index is -4.61. The average molecular weight is 267 g/mol. The fourth-order valence-corrected chi connectivity index (χ4v) is 2.45. The predicted molar refractivity (Wildman–Crippen MR) is 62.4 cm³/mol. The summed E-state index contributed by atoms with van der Waals surface area (Å²) in [6, 6.07) is 4.70. The zero-order chi connectivity index (χ0) is 14.0. The van der Waals surface area contributed by atoms with Gasteiger partial charge < -0.3 is 0 Å². The van der Waals surface area contributed by atoms with Gasteiger partial charge in [-0.3, -0.25) is 4.79 Å². The van der Waals surface area contributed by atoms with Crippen LogP contribution < -0.4 is 0 Å². The molecule has 0 spiro atoms. The molecule has 0 bridgehead atoms. The lowest BCUT2D eigenvalue weighted by Crippen LogP contribution is -2.14. The number of carbonyl (C=O) groups is 1. The zero-order valence-corrected chi connectivity index (χ0v) is 10.1. The van der Waals surface area contributed by atoms with E-state index in [0.717, 1.165) is 37.8 Å². The van der Waals surface area contributed by atoms with E-state index >= 15 is 0 Å². The molecule has 1 aliphatic rings. The molecule has 1 aliphatic carbocycles. The van der Waals surface area contributed by atoms with Crippen molar-refractivity contribution in [1.29, 1.82) is 5.26 Å². The van der Waals surface area contributed by atoms with Gasteiger partial charge in [-0.05, 0) is 25.0 Å². The summed E-state index contributed by atoms with van der Waals surface area (Å²) in [6.45, 7) is 0. The largest absolute Gasteiger partial charge is 0.417 e. The summed E-state index contributed by atoms with van der Waals surface area (Å²) in [5, 5.41) is 8.69. The lowest BCUT2D eigenvalue weighted by atomic mass is 9.93. The van der Waals surface area contributed by atoms with Crippen LogP contribution in [-0.4, -0.2) is 5.78 Å². The summed E-state index contributed by atoms with van der Waals surface area (Å²) in [4.78, 5) is 12.1. The van der Waals surface area contributed by atoms with E-state index in [4.69, 9.17) is 5.26 Å². The molecule has 0 aliphatic heterocycles. The Hall–Kier alpha value is -1.83. The van der Waals surface area contributed by atoms with Crippen molar-refractivity contribution in [1.82, 2.24) is 0 Å². The third-order valence-electron chi connectivity index (χ3n) is 3.46. The van der Waals surface area contributed by atoms with Crippen molar-refractivity contribution >= 4 is 5.78 Å². The van der Waals surface area contributed by atoms with Gasteiger partial charge in [-0.15, -0.1) is 0 Å². The Kier molecular flexibility index (Phi) is 3.61. The molecule has 100 valence electrons. The Morgan fingerprint density at radius 1 is 1.26 bits per heavy atom. The molecule has 2 nitrogen and oxygen atoms in total. The molecular formula is C14H12F3NO. The van der Waals surface area contributed by atoms with Crippen molar-refractivity contribution in [3.8, 4) is 6.07 Å². The molecule has 0 amide bonds. The highest BCUT2D eigenvalue weighted by Crippen LogP contribution is 2.34. The molecule has 1 saturated carbocycles. The number of hydrogen-bond donors (Lipinski definition) is 0. The number of nitrogens with zero attached hydrogens (tertiary/aromatic N) is 1. The lowest BCUT2D eigenvalue weighted by molar-refractivity contribution is -0.137. The van der Waals surface area contributed by atoms with Crippen molar-refractivity contribution in [2.75, 3.05) is 0 Å². The Bertz CT molecular complexity index is 537. The highest BCUT2D eigenvalue weighted by atomic mass is 19.4. The lowest BCUT2D eigenvalue weighted by Gasteiger charge is -2.12. The van der Waals surface area contributed by atoms with Gasteiger partial charge in [0.05, 0.1) is 17.2 Å². The summed E-state index contributed by atoms with van der Waals surface area (Å²) in [5.41, 5.74) is -1.42. The number of ketones is 1. The van der Waals surface area contributed by atoms with E-state index < -0.39 is 17.3 Å². The Balaban J connectivity index is 2.38. The third-order valence-corrected chi connectivity index (χ3v) is 3.46. The second kappa shape index (κ2) is 5.04. The fourth-order valence-electron chi connectivity index (χ4n) is 2.45. The normalized spacial score (nSPS) is 16.3. The van der Waals surface area contributed by atoms with Gasteiger partial charge in [0.2, 0.25) is 0 Å². The zero-order valence-electron chi connectivity index (χ0n) is 10.1. The first-order valence-electron chi connectivity index (χ1n) is 6.09. The van der Waals surface area contributed by atoms with Gasteiger partial charge >= 0.3 is 6.18 Å². The van der Waals surface area contributed by atoms with Crippen LogP contribution in [-0.2, 0) is 6.18 Å². The monoisotopic (exact) mass is 267 g/mol. The molecule has 0 saturated heterocycles. The van der Waals surface area contributed by atoms with Crippen molar-refractivity contribution < 1.29 is 18.0 Å². The number of carbonyl (C=O) groups excluding carboxylic acids is 1. The van der Waals surface area contributed by atoms with E-state index in [-0.39, 0.29) is 17.3 Å². The molecule has 5 heteroatoms. The highest BCUT2D eigenvalue weighted by molar-refractivity contribution is 5.98. The van der Waals surface area contributed by atoms with Crippen LogP contribution in [0.2, 0.25) is 0 Å². The van der Waals surface area contributed by atoms with Gasteiger partial charge in [0.15, 0.2) is 5.78 Å². The number of hydrogen-bond acceptors (Lipinski definition) is 2. The van der Waals surface area contributed by atoms with Crippen molar-refractivity contribution in [2.24, 2.45) is 5.92 Å². The molecule has 0 radical (unpaired) electrons. The molecule has 0 unspecified atom stereocenters. The molecule has 1 aromatic carbocycles. The molecule has 0 atom stereocenters. The third kappa shape index (κ3) is 2.78. The molecule has 1 aromatic rings. The predicted octanol–water partition coefficient (Wildman–Crippen LogP) is 3.95. The van der Waals surface area contributed by atoms with Crippen molar-refractivity contribution in [3.63, 3.8) is 0 Å². The first kappa shape index (κ1) is 13.6. The van der Waals surface area contributed by atoms with Crippen LogP contribution in [0.4, 0.5) is 13.2 Å². The quantitative estimate of drug-likeness (QED) is 0.761. The van der Waals surface area contributed by atoms with E-state index in [2.05, 4.69) is 0 Å². The second-order valence-corrected chi connectivity index (χ2v) is 4.72. The van der Waals surface area contributed by atoms with Gasteiger partial charge in [0, 0.05) is 11.5 Å². The van der Waals surface area contributed by atoms with Gasteiger partial charge in [-0.2, -0.15) is 18.4 Å². The summed E-state index contributed by atoms with van der Waals surface area (Å²) < 4.78 is 38.4. The first-order valence-corrected chi connectivity index (χ1v) is 6.09. The van der Waals surface area contributed by atoms with Gasteiger partial charge in [-0.25, -0.2) is 0 Å². The topological polar surface area (TPSA) is 40.9 Å². The summed E-state index contributed by atoms with van der Waals surface area (Å²) >= 11 is 0. The van der Waals surface area contributed by atoms with Crippen LogP contribution in [0.1, 0.15) is 47.2 Å². The summed E-state index contributed by atoms with van der Waals surface area (Å²) in [5.74, 6) is -0.415. The number of halogens is 3. The minimum absolute atomic E-state index is 0.0539. The van der Waals surface area contributed by atoms with E-state index in [1.54, 1.807) is 0 Å². The smallest absolute Gasteiger partial charge is 0.294 e. The molecular weight excluding hydrogens is 255 g/mol. The van der Waals surface area contributed by atoms with E-state index in [1.807, 2.05) is 0 Å². The van der Waals surface area contributed by atoms with Gasteiger partial charge in [-0.1, -0.05) is 18.9 Å². The standard InChI is InChI=1S/C14H12F3NO/c15-14(16,17)12-7-10(5-6-11(12)8-18)13(19)9-3-1-2-4-9/h5-7,9H,1-4H2. The Labute approximate surface area is 108 Å². The van der Waals surface area contributed by atoms with Crippen LogP contribution >= 0.6 is 0 Å². The van der Waals surface area contributed by atoms with Gasteiger partial charge in [0.1, 0.15) is 0 Å². The summed E-state index contributed by atoms with van der Waals surface area (Å²) in [7, 11) is 0. The van der Waals surface area contributed by atoms with Crippen molar-refractivity contribution in [2.45, 2.75) is 31.9 Å². The van der Waals surface area contributed by atoms with Crippen molar-refractivity contribution in [3.05, 3.63) is 34.9 Å². The number of benzene rings is 1. The maximum absolute atomic E-state index is 12.8. The Morgan fingerprint density at radius 2 is 1.89 bits per heavy atom. The average Bonchev–Trinajstić information content (AvgIpc) is 2.90. The van der Waals surface area contributed by atoms with E-state index in [0.29, 0.717) is 0 Å². The van der Waals surface area contributed by atoms with E-state index in [1.165, 1.54) is 12.1 Å². The SMILES string of the molecule is N#Cc1ccc(C(=O)C2CCCC2)cc1C(F)(F)F. The number of Topliss-reactive ketones (excluding diaryl/α,β-unsaturated/α-hetero) is 1. The molecule has 1 fully saturated rings. The van der Waals surface area contributed by atoms with Crippen LogP contribution in [0.5, 0.6) is 0 Å². The summed E-state index contributed by atoms with van der Waals surface area (Å²) in [6.07, 6.45) is -1.25. The minimum Gasteiger partial charge on any atom is -0.294 e. The number of nitriles is 1. The first-order chi connectivity index (χ1) is 8.93. The maximum Gasteiger partial charge on any atom is 0.417 e. The maximum atomic E-state index is 12.8. The van der Waals surface area contributed by atoms with Crippen LogP contribution in [0, 0.1) is 17.2 Å². The highest BCUT2D eigenvalue weighted by Gasteiger charge is 2.35. The Morgan fingerprint density at radius 3 is 2.42 bits per heavy atom. The molecule has 0 N–H and O–H groups in total. The number of alkyl halides is 3. The molecule has 19 heavy (non-hydrogen) atoms.